The third-order valence-electron chi connectivity index (χ3n) is 4.84. The van der Waals surface area contributed by atoms with E-state index in [1.165, 1.54) is 10.9 Å². The van der Waals surface area contributed by atoms with E-state index in [0.717, 1.165) is 0 Å². The quantitative estimate of drug-likeness (QED) is 0.472. The highest BCUT2D eigenvalue weighted by molar-refractivity contribution is 9.10. The maximum Gasteiger partial charge on any atom is 0.338 e. The Morgan fingerprint density at radius 3 is 2.73 bits per heavy atom. The lowest BCUT2D eigenvalue weighted by molar-refractivity contribution is -0.0571. The van der Waals surface area contributed by atoms with Crippen molar-refractivity contribution >= 4 is 38.8 Å². The lowest BCUT2D eigenvalue weighted by Gasteiger charge is -2.18. The van der Waals surface area contributed by atoms with Gasteiger partial charge in [0.15, 0.2) is 6.23 Å². The third-order valence-corrected chi connectivity index (χ3v) is 5.62. The average molecular weight is 474 g/mol. The van der Waals surface area contributed by atoms with Crippen molar-refractivity contribution in [3.63, 3.8) is 0 Å². The normalized spacial score (nSPS) is 23.4. The molecule has 10 nitrogen and oxygen atoms in total. The van der Waals surface area contributed by atoms with Crippen LogP contribution in [0.1, 0.15) is 22.1 Å². The summed E-state index contributed by atoms with van der Waals surface area (Å²) in [5, 5.41) is 30.8. The van der Waals surface area contributed by atoms with E-state index in [4.69, 9.17) is 15.2 Å². The van der Waals surface area contributed by atoms with Crippen LogP contribution < -0.4 is 5.73 Å². The Kier molecular flexibility index (Phi) is 5.40. The number of ether oxygens (including phenoxy) is 2. The van der Waals surface area contributed by atoms with E-state index in [2.05, 4.69) is 25.9 Å². The molecule has 154 valence electrons. The van der Waals surface area contributed by atoms with Gasteiger partial charge in [-0.2, -0.15) is 5.26 Å². The Hall–Kier alpha value is -3.04. The summed E-state index contributed by atoms with van der Waals surface area (Å²) >= 11 is 3.32. The number of aromatic nitrogens is 3. The first-order chi connectivity index (χ1) is 14.4. The van der Waals surface area contributed by atoms with Crippen molar-refractivity contribution in [3.05, 3.63) is 52.4 Å². The lowest BCUT2D eigenvalue weighted by Crippen LogP contribution is -2.34. The number of nitrogens with zero attached hydrogens (tertiary/aromatic N) is 4. The van der Waals surface area contributed by atoms with Gasteiger partial charge in [0.25, 0.3) is 0 Å². The number of hydrogen-bond acceptors (Lipinski definition) is 9. The standard InChI is InChI=1S/C19H16BrN5O5/c20-15-10(6-21)12-16(22)23-8-24-17(12)25(15)18-14(27)13(26)11(30-18)7-29-19(28)9-4-2-1-3-5-9/h1-5,8,11,13-14,18,26-27H,7H2,(H2,22,23,24)/t11-,13-,14-,18-/m1/s1. The molecule has 3 aromatic rings. The first-order valence-corrected chi connectivity index (χ1v) is 9.67. The van der Waals surface area contributed by atoms with Crippen molar-refractivity contribution in [1.29, 1.82) is 5.26 Å². The Bertz CT molecular complexity index is 1150. The summed E-state index contributed by atoms with van der Waals surface area (Å²) in [7, 11) is 0. The molecule has 0 unspecified atom stereocenters. The van der Waals surface area contributed by atoms with Crippen molar-refractivity contribution in [3.8, 4) is 6.07 Å². The minimum atomic E-state index is -1.37. The van der Waals surface area contributed by atoms with Gasteiger partial charge in [0.05, 0.1) is 16.5 Å². The third kappa shape index (κ3) is 3.29. The fraction of sp³-hybridized carbons (Fsp3) is 0.263. The Morgan fingerprint density at radius 2 is 2.03 bits per heavy atom. The molecule has 30 heavy (non-hydrogen) atoms. The molecular weight excluding hydrogens is 458 g/mol. The minimum absolute atomic E-state index is 0.0948. The fourth-order valence-corrected chi connectivity index (χ4v) is 4.01. The minimum Gasteiger partial charge on any atom is -0.459 e. The molecule has 1 aliphatic rings. The number of fused-ring (bicyclic) bond motifs is 1. The topological polar surface area (TPSA) is 157 Å². The van der Waals surface area contributed by atoms with Crippen LogP contribution in [-0.2, 0) is 9.47 Å². The molecule has 0 amide bonds. The van der Waals surface area contributed by atoms with Crippen LogP contribution in [0.15, 0.2) is 41.3 Å². The van der Waals surface area contributed by atoms with Gasteiger partial charge in [-0.3, -0.25) is 4.57 Å². The van der Waals surface area contributed by atoms with Gasteiger partial charge >= 0.3 is 5.97 Å². The lowest BCUT2D eigenvalue weighted by atomic mass is 10.1. The zero-order valence-electron chi connectivity index (χ0n) is 15.3. The van der Waals surface area contributed by atoms with E-state index >= 15 is 0 Å². The van der Waals surface area contributed by atoms with Crippen LogP contribution in [0.5, 0.6) is 0 Å². The second kappa shape index (κ2) is 8.00. The SMILES string of the molecule is N#Cc1c(Br)n([C@@H]2O[C@H](COC(=O)c3ccccc3)[C@@H](O)[C@H]2O)c2ncnc(N)c12. The maximum atomic E-state index is 12.1. The monoisotopic (exact) mass is 473 g/mol. The van der Waals surface area contributed by atoms with Crippen LogP contribution in [0.3, 0.4) is 0 Å². The first kappa shape index (κ1) is 20.2. The summed E-state index contributed by atoms with van der Waals surface area (Å²) < 4.78 is 12.7. The van der Waals surface area contributed by atoms with E-state index in [-0.39, 0.29) is 28.2 Å². The second-order valence-corrected chi connectivity index (χ2v) is 7.37. The molecule has 2 aromatic heterocycles. The summed E-state index contributed by atoms with van der Waals surface area (Å²) in [5.74, 6) is -0.485. The Balaban J connectivity index is 1.60. The molecule has 1 saturated heterocycles. The van der Waals surface area contributed by atoms with Crippen molar-refractivity contribution in [2.24, 2.45) is 0 Å². The molecular formula is C19H16BrN5O5. The predicted octanol–water partition coefficient (Wildman–Crippen LogP) is 1.12. The maximum absolute atomic E-state index is 12.1. The number of halogens is 1. The molecule has 3 heterocycles. The van der Waals surface area contributed by atoms with Gasteiger partial charge in [-0.05, 0) is 28.1 Å². The van der Waals surface area contributed by atoms with Gasteiger partial charge in [0, 0.05) is 0 Å². The van der Waals surface area contributed by atoms with Crippen molar-refractivity contribution < 1.29 is 24.5 Å². The highest BCUT2D eigenvalue weighted by Crippen LogP contribution is 2.39. The van der Waals surface area contributed by atoms with Crippen LogP contribution in [0.2, 0.25) is 0 Å². The highest BCUT2D eigenvalue weighted by Gasteiger charge is 2.46. The summed E-state index contributed by atoms with van der Waals surface area (Å²) in [6, 6.07) is 10.4. The molecule has 0 spiro atoms. The molecule has 4 N–H and O–H groups in total. The number of nitriles is 1. The number of nitrogens with two attached hydrogens (primary N) is 1. The number of carbonyl (C=O) groups excluding carboxylic acids is 1. The molecule has 4 rings (SSSR count). The number of benzene rings is 1. The van der Waals surface area contributed by atoms with E-state index < -0.39 is 30.5 Å². The highest BCUT2D eigenvalue weighted by atomic mass is 79.9. The number of aliphatic hydroxyl groups excluding tert-OH is 2. The van der Waals surface area contributed by atoms with Crippen molar-refractivity contribution in [2.75, 3.05) is 12.3 Å². The molecule has 0 saturated carbocycles. The van der Waals surface area contributed by atoms with Crippen molar-refractivity contribution in [2.45, 2.75) is 24.5 Å². The van der Waals surface area contributed by atoms with Gasteiger partial charge in [0.2, 0.25) is 0 Å². The smallest absolute Gasteiger partial charge is 0.338 e. The Labute approximate surface area is 178 Å². The second-order valence-electron chi connectivity index (χ2n) is 6.62. The first-order valence-electron chi connectivity index (χ1n) is 8.87. The molecule has 1 aliphatic heterocycles. The summed E-state index contributed by atoms with van der Waals surface area (Å²) in [6.45, 7) is -0.276. The van der Waals surface area contributed by atoms with Gasteiger partial charge in [-0.15, -0.1) is 0 Å². The Morgan fingerprint density at radius 1 is 1.30 bits per heavy atom. The van der Waals surface area contributed by atoms with E-state index in [1.54, 1.807) is 30.3 Å². The largest absolute Gasteiger partial charge is 0.459 e. The summed E-state index contributed by atoms with van der Waals surface area (Å²) in [6.07, 6.45) is -3.59. The molecule has 0 radical (unpaired) electrons. The number of hydrogen-bond donors (Lipinski definition) is 3. The zero-order chi connectivity index (χ0) is 21.4. The molecule has 11 heteroatoms. The number of rotatable bonds is 4. The summed E-state index contributed by atoms with van der Waals surface area (Å²) in [4.78, 5) is 20.2. The number of aliphatic hydroxyl groups is 2. The van der Waals surface area contributed by atoms with Gasteiger partial charge < -0.3 is 25.4 Å². The number of carbonyl (C=O) groups is 1. The molecule has 1 aromatic carbocycles. The number of esters is 1. The fourth-order valence-electron chi connectivity index (χ4n) is 3.36. The van der Waals surface area contributed by atoms with E-state index in [9.17, 15) is 20.3 Å². The van der Waals surface area contributed by atoms with E-state index in [1.807, 2.05) is 6.07 Å². The summed E-state index contributed by atoms with van der Waals surface area (Å²) in [5.41, 5.74) is 6.67. The van der Waals surface area contributed by atoms with Gasteiger partial charge in [-0.1, -0.05) is 18.2 Å². The van der Waals surface area contributed by atoms with Crippen LogP contribution >= 0.6 is 15.9 Å². The van der Waals surface area contributed by atoms with E-state index in [0.29, 0.717) is 10.9 Å². The number of anilines is 1. The van der Waals surface area contributed by atoms with Gasteiger partial charge in [0.1, 0.15) is 53.4 Å². The average Bonchev–Trinajstić information content (AvgIpc) is 3.20. The predicted molar refractivity (Wildman–Crippen MR) is 107 cm³/mol. The molecule has 4 atom stereocenters. The van der Waals surface area contributed by atoms with Crippen LogP contribution in [0.25, 0.3) is 11.0 Å². The molecule has 1 fully saturated rings. The van der Waals surface area contributed by atoms with Crippen molar-refractivity contribution in [1.82, 2.24) is 14.5 Å². The van der Waals surface area contributed by atoms with Crippen LogP contribution in [0, 0.1) is 11.3 Å². The zero-order valence-corrected chi connectivity index (χ0v) is 16.9. The molecule has 0 aliphatic carbocycles. The van der Waals surface area contributed by atoms with Gasteiger partial charge in [-0.25, -0.2) is 14.8 Å². The number of nitrogen functional groups attached to an aromatic ring is 1. The van der Waals surface area contributed by atoms with Crippen LogP contribution in [0.4, 0.5) is 5.82 Å². The van der Waals surface area contributed by atoms with Crippen LogP contribution in [-0.4, -0.2) is 55.6 Å². The molecule has 0 bridgehead atoms.